The molecule has 3 saturated carbocycles. The third-order valence-corrected chi connectivity index (χ3v) is 7.01. The number of nitrogens with two attached hydrogens (primary N) is 1. The Morgan fingerprint density at radius 3 is 2.58 bits per heavy atom. The summed E-state index contributed by atoms with van der Waals surface area (Å²) in [6.45, 7) is 3.01. The quantitative estimate of drug-likeness (QED) is 0.768. The van der Waals surface area contributed by atoms with E-state index in [0.717, 1.165) is 24.7 Å². The fourth-order valence-corrected chi connectivity index (χ4v) is 5.76. The van der Waals surface area contributed by atoms with E-state index in [-0.39, 0.29) is 5.41 Å². The molecular weight excluding hydrogens is 234 g/mol. The van der Waals surface area contributed by atoms with Gasteiger partial charge in [0.15, 0.2) is 0 Å². The lowest BCUT2D eigenvalue weighted by molar-refractivity contribution is -0.119. The first kappa shape index (κ1) is 13.9. The van der Waals surface area contributed by atoms with Crippen LogP contribution in [-0.2, 0) is 0 Å². The fraction of sp³-hybridized carbons (Fsp3) is 1.00. The van der Waals surface area contributed by atoms with Crippen LogP contribution in [0.3, 0.4) is 0 Å². The van der Waals surface area contributed by atoms with E-state index in [0.29, 0.717) is 12.5 Å². The van der Waals surface area contributed by atoms with Gasteiger partial charge in [0.25, 0.3) is 0 Å². The van der Waals surface area contributed by atoms with Crippen LogP contribution in [0.15, 0.2) is 0 Å². The molecule has 3 rings (SSSR count). The summed E-state index contributed by atoms with van der Waals surface area (Å²) in [6.07, 6.45) is 12.3. The Morgan fingerprint density at radius 2 is 2.00 bits per heavy atom. The molecule has 0 aromatic rings. The molecule has 110 valence electrons. The van der Waals surface area contributed by atoms with E-state index in [1.807, 2.05) is 0 Å². The van der Waals surface area contributed by atoms with Gasteiger partial charge in [0.1, 0.15) is 0 Å². The van der Waals surface area contributed by atoms with Gasteiger partial charge in [-0.25, -0.2) is 0 Å². The molecule has 3 N–H and O–H groups in total. The molecule has 2 bridgehead atoms. The summed E-state index contributed by atoms with van der Waals surface area (Å²) < 4.78 is 0. The van der Waals surface area contributed by atoms with Gasteiger partial charge in [-0.05, 0) is 56.3 Å². The van der Waals surface area contributed by atoms with Gasteiger partial charge < -0.3 is 10.8 Å². The maximum absolute atomic E-state index is 11.5. The van der Waals surface area contributed by atoms with Crippen LogP contribution in [0.5, 0.6) is 0 Å². The summed E-state index contributed by atoms with van der Waals surface area (Å²) in [5.41, 5.74) is 5.84. The zero-order chi connectivity index (χ0) is 13.5. The molecule has 2 heteroatoms. The zero-order valence-corrected chi connectivity index (χ0v) is 12.5. The number of hydrogen-bond donors (Lipinski definition) is 2. The summed E-state index contributed by atoms with van der Waals surface area (Å²) >= 11 is 0. The van der Waals surface area contributed by atoms with E-state index in [1.54, 1.807) is 0 Å². The lowest BCUT2D eigenvalue weighted by Crippen LogP contribution is -2.55. The number of hydrogen-bond acceptors (Lipinski definition) is 2. The van der Waals surface area contributed by atoms with Gasteiger partial charge in [0, 0.05) is 12.0 Å². The Hall–Kier alpha value is -0.0800. The molecule has 5 unspecified atom stereocenters. The predicted octanol–water partition coefficient (Wildman–Crippen LogP) is 3.47. The second-order valence-corrected chi connectivity index (χ2v) is 7.68. The van der Waals surface area contributed by atoms with Crippen LogP contribution in [0.2, 0.25) is 0 Å². The highest BCUT2D eigenvalue weighted by atomic mass is 16.3. The summed E-state index contributed by atoms with van der Waals surface area (Å²) in [4.78, 5) is 0. The van der Waals surface area contributed by atoms with E-state index < -0.39 is 5.60 Å². The molecule has 0 saturated heterocycles. The van der Waals surface area contributed by atoms with E-state index >= 15 is 0 Å². The minimum Gasteiger partial charge on any atom is -0.389 e. The molecule has 0 aromatic heterocycles. The van der Waals surface area contributed by atoms with Crippen LogP contribution in [0.1, 0.15) is 71.1 Å². The maximum atomic E-state index is 11.5. The first-order chi connectivity index (χ1) is 9.13. The van der Waals surface area contributed by atoms with Gasteiger partial charge in [-0.2, -0.15) is 0 Å². The molecule has 3 aliphatic rings. The van der Waals surface area contributed by atoms with Gasteiger partial charge in [-0.1, -0.05) is 32.6 Å². The topological polar surface area (TPSA) is 46.2 Å². The van der Waals surface area contributed by atoms with Gasteiger partial charge in [0.2, 0.25) is 0 Å². The highest BCUT2D eigenvalue weighted by molar-refractivity contribution is 5.11. The van der Waals surface area contributed by atoms with Crippen molar-refractivity contribution in [2.75, 3.05) is 6.54 Å². The molecule has 5 atom stereocenters. The van der Waals surface area contributed by atoms with Crippen LogP contribution in [-0.4, -0.2) is 17.3 Å². The van der Waals surface area contributed by atoms with Crippen LogP contribution in [0.25, 0.3) is 0 Å². The normalized spacial score (nSPS) is 50.4. The molecule has 3 fully saturated rings. The lowest BCUT2D eigenvalue weighted by Gasteiger charge is -2.50. The van der Waals surface area contributed by atoms with Crippen molar-refractivity contribution < 1.29 is 5.11 Å². The van der Waals surface area contributed by atoms with Crippen LogP contribution >= 0.6 is 0 Å². The smallest absolute Gasteiger partial charge is 0.0718 e. The average molecular weight is 265 g/mol. The Morgan fingerprint density at radius 1 is 1.16 bits per heavy atom. The van der Waals surface area contributed by atoms with Gasteiger partial charge in [0.05, 0.1) is 5.60 Å². The van der Waals surface area contributed by atoms with Crippen molar-refractivity contribution in [1.82, 2.24) is 0 Å². The monoisotopic (exact) mass is 265 g/mol. The molecular formula is C17H31NO. The van der Waals surface area contributed by atoms with Crippen LogP contribution in [0.4, 0.5) is 0 Å². The van der Waals surface area contributed by atoms with Crippen molar-refractivity contribution in [1.29, 1.82) is 0 Å². The summed E-state index contributed by atoms with van der Waals surface area (Å²) in [5.74, 6) is 2.41. The Labute approximate surface area is 118 Å². The maximum Gasteiger partial charge on any atom is 0.0718 e. The van der Waals surface area contributed by atoms with Crippen molar-refractivity contribution in [2.24, 2.45) is 28.9 Å². The molecule has 0 amide bonds. The number of aliphatic hydroxyl groups is 1. The van der Waals surface area contributed by atoms with E-state index in [4.69, 9.17) is 5.73 Å². The highest BCUT2D eigenvalue weighted by Gasteiger charge is 2.60. The number of rotatable bonds is 3. The van der Waals surface area contributed by atoms with Crippen molar-refractivity contribution >= 4 is 0 Å². The summed E-state index contributed by atoms with van der Waals surface area (Å²) in [6, 6.07) is 0. The minimum atomic E-state index is -0.453. The standard InChI is InChI=1S/C17H31NO/c1-2-13-4-3-8-17(19,9-7-13)16(12-18)11-14-5-6-15(16)10-14/h13-15,19H,2-12,18H2,1H3. The van der Waals surface area contributed by atoms with Crippen molar-refractivity contribution in [3.05, 3.63) is 0 Å². The SMILES string of the molecule is CCC1CCCC(O)(C2(CN)CC3CCC2C3)CC1. The molecule has 0 radical (unpaired) electrons. The van der Waals surface area contributed by atoms with E-state index in [1.165, 1.54) is 51.4 Å². The second-order valence-electron chi connectivity index (χ2n) is 7.68. The highest BCUT2D eigenvalue weighted by Crippen LogP contribution is 2.62. The molecule has 0 heterocycles. The Kier molecular flexibility index (Phi) is 3.68. The summed E-state index contributed by atoms with van der Waals surface area (Å²) in [5, 5.41) is 11.5. The number of fused-ring (bicyclic) bond motifs is 2. The molecule has 0 spiro atoms. The zero-order valence-electron chi connectivity index (χ0n) is 12.5. The average Bonchev–Trinajstić information content (AvgIpc) is 2.97. The Bertz CT molecular complexity index is 331. The third kappa shape index (κ3) is 2.06. The van der Waals surface area contributed by atoms with Gasteiger partial charge in [-0.15, -0.1) is 0 Å². The third-order valence-electron chi connectivity index (χ3n) is 7.01. The first-order valence-corrected chi connectivity index (χ1v) is 8.56. The van der Waals surface area contributed by atoms with Crippen molar-refractivity contribution in [2.45, 2.75) is 76.7 Å². The minimum absolute atomic E-state index is 0.0680. The largest absolute Gasteiger partial charge is 0.389 e. The van der Waals surface area contributed by atoms with Crippen molar-refractivity contribution in [3.8, 4) is 0 Å². The van der Waals surface area contributed by atoms with E-state index in [9.17, 15) is 5.11 Å². The fourth-order valence-electron chi connectivity index (χ4n) is 5.76. The van der Waals surface area contributed by atoms with E-state index in [2.05, 4.69) is 6.92 Å². The molecule has 3 aliphatic carbocycles. The van der Waals surface area contributed by atoms with Crippen LogP contribution < -0.4 is 5.73 Å². The van der Waals surface area contributed by atoms with Gasteiger partial charge >= 0.3 is 0 Å². The second kappa shape index (κ2) is 5.04. The van der Waals surface area contributed by atoms with Crippen LogP contribution in [0, 0.1) is 23.2 Å². The molecule has 2 nitrogen and oxygen atoms in total. The lowest BCUT2D eigenvalue weighted by atomic mass is 9.59. The molecule has 0 aromatic carbocycles. The Balaban J connectivity index is 1.82. The predicted molar refractivity (Wildman–Crippen MR) is 78.8 cm³/mol. The molecule has 19 heavy (non-hydrogen) atoms. The van der Waals surface area contributed by atoms with Gasteiger partial charge in [-0.3, -0.25) is 0 Å². The summed E-state index contributed by atoms with van der Waals surface area (Å²) in [7, 11) is 0. The first-order valence-electron chi connectivity index (χ1n) is 8.56. The van der Waals surface area contributed by atoms with Crippen molar-refractivity contribution in [3.63, 3.8) is 0 Å². The molecule has 0 aliphatic heterocycles.